The predicted molar refractivity (Wildman–Crippen MR) is 87.2 cm³/mol. The van der Waals surface area contributed by atoms with Crippen molar-refractivity contribution in [3.63, 3.8) is 0 Å². The van der Waals surface area contributed by atoms with Crippen LogP contribution in [0.15, 0.2) is 36.4 Å². The number of carbonyl (C=O) groups is 1. The van der Waals surface area contributed by atoms with Crippen LogP contribution in [0, 0.1) is 25.2 Å². The van der Waals surface area contributed by atoms with E-state index in [9.17, 15) is 4.79 Å². The number of hydrogen-bond donors (Lipinski definition) is 1. The molecule has 114 valence electrons. The van der Waals surface area contributed by atoms with Gasteiger partial charge in [-0.25, -0.2) is 4.98 Å². The summed E-state index contributed by atoms with van der Waals surface area (Å²) in [7, 11) is 0. The fourth-order valence-electron chi connectivity index (χ4n) is 2.46. The van der Waals surface area contributed by atoms with Crippen LogP contribution < -0.4 is 5.32 Å². The number of benzene rings is 1. The van der Waals surface area contributed by atoms with E-state index in [1.54, 1.807) is 10.7 Å². The van der Waals surface area contributed by atoms with E-state index >= 15 is 0 Å². The quantitative estimate of drug-likeness (QED) is 0.806. The molecule has 6 heteroatoms. The number of aryl methyl sites for hydroxylation is 2. The first kappa shape index (κ1) is 14.7. The minimum absolute atomic E-state index is 0.200. The molecular formula is C17H15N5O. The summed E-state index contributed by atoms with van der Waals surface area (Å²) in [5.74, 6) is 0.762. The van der Waals surface area contributed by atoms with E-state index in [0.29, 0.717) is 11.6 Å². The van der Waals surface area contributed by atoms with E-state index in [1.807, 2.05) is 50.2 Å². The van der Waals surface area contributed by atoms with Gasteiger partial charge >= 0.3 is 0 Å². The van der Waals surface area contributed by atoms with Crippen LogP contribution in [-0.2, 0) is 4.79 Å². The molecule has 3 rings (SSSR count). The number of nitrogens with zero attached hydrogens (tertiary/aromatic N) is 4. The van der Waals surface area contributed by atoms with Gasteiger partial charge < -0.3 is 5.32 Å². The second-order valence-corrected chi connectivity index (χ2v) is 5.28. The lowest BCUT2D eigenvalue weighted by atomic mass is 10.1. The van der Waals surface area contributed by atoms with Crippen LogP contribution in [0.1, 0.15) is 17.7 Å². The topological polar surface area (TPSA) is 83.6 Å². The van der Waals surface area contributed by atoms with Crippen molar-refractivity contribution in [3.05, 3.63) is 47.7 Å². The van der Waals surface area contributed by atoms with Crippen LogP contribution in [0.5, 0.6) is 0 Å². The highest BCUT2D eigenvalue weighted by molar-refractivity contribution is 5.91. The molecule has 2 heterocycles. The molecule has 0 saturated heterocycles. The zero-order chi connectivity index (χ0) is 16.4. The summed E-state index contributed by atoms with van der Waals surface area (Å²) in [5, 5.41) is 16.8. The number of fused-ring (bicyclic) bond motifs is 1. The maximum atomic E-state index is 11.7. The monoisotopic (exact) mass is 305 g/mol. The minimum atomic E-state index is -0.369. The average molecular weight is 305 g/mol. The summed E-state index contributed by atoms with van der Waals surface area (Å²) in [5.41, 5.74) is 2.70. The maximum absolute atomic E-state index is 11.7. The largest absolute Gasteiger partial charge is 0.310 e. The molecule has 0 aliphatic rings. The van der Waals surface area contributed by atoms with Gasteiger partial charge in [-0.15, -0.1) is 0 Å². The first-order valence-corrected chi connectivity index (χ1v) is 7.18. The van der Waals surface area contributed by atoms with E-state index in [2.05, 4.69) is 15.4 Å². The van der Waals surface area contributed by atoms with Gasteiger partial charge in [0.25, 0.3) is 0 Å². The Balaban J connectivity index is 2.08. The van der Waals surface area contributed by atoms with Crippen LogP contribution in [-0.4, -0.2) is 20.7 Å². The lowest BCUT2D eigenvalue weighted by Gasteiger charge is -2.10. The van der Waals surface area contributed by atoms with Crippen molar-refractivity contribution in [2.75, 3.05) is 5.32 Å². The standard InChI is InChI=1S/C17H15N5O/c1-11-9-15(19-14-6-4-3-5-13(11)14)22-16(10-12(2)21-22)20-17(23)7-8-18/h3-6,9-10H,7H2,1-2H3,(H,20,23). The maximum Gasteiger partial charge on any atom is 0.239 e. The highest BCUT2D eigenvalue weighted by Crippen LogP contribution is 2.22. The van der Waals surface area contributed by atoms with Gasteiger partial charge in [0.15, 0.2) is 5.82 Å². The van der Waals surface area contributed by atoms with Gasteiger partial charge in [0.05, 0.1) is 17.3 Å². The summed E-state index contributed by atoms with van der Waals surface area (Å²) >= 11 is 0. The third-order valence-corrected chi connectivity index (χ3v) is 3.47. The van der Waals surface area contributed by atoms with Crippen LogP contribution in [0.4, 0.5) is 5.82 Å². The zero-order valence-electron chi connectivity index (χ0n) is 12.9. The molecule has 1 aromatic carbocycles. The van der Waals surface area contributed by atoms with Gasteiger partial charge in [0.2, 0.25) is 5.91 Å². The van der Waals surface area contributed by atoms with Crippen LogP contribution in [0.3, 0.4) is 0 Å². The molecule has 0 aliphatic heterocycles. The van der Waals surface area contributed by atoms with Crippen molar-refractivity contribution in [1.82, 2.24) is 14.8 Å². The number of amides is 1. The number of para-hydroxylation sites is 1. The minimum Gasteiger partial charge on any atom is -0.310 e. The first-order chi connectivity index (χ1) is 11.1. The summed E-state index contributed by atoms with van der Waals surface area (Å²) in [4.78, 5) is 16.3. The third-order valence-electron chi connectivity index (χ3n) is 3.47. The van der Waals surface area contributed by atoms with Crippen molar-refractivity contribution in [2.45, 2.75) is 20.3 Å². The highest BCUT2D eigenvalue weighted by Gasteiger charge is 2.13. The highest BCUT2D eigenvalue weighted by atomic mass is 16.1. The molecule has 0 unspecified atom stereocenters. The van der Waals surface area contributed by atoms with Crippen molar-refractivity contribution >= 4 is 22.6 Å². The van der Waals surface area contributed by atoms with Gasteiger partial charge in [-0.1, -0.05) is 18.2 Å². The van der Waals surface area contributed by atoms with E-state index in [-0.39, 0.29) is 12.3 Å². The lowest BCUT2D eigenvalue weighted by molar-refractivity contribution is -0.115. The first-order valence-electron chi connectivity index (χ1n) is 7.18. The molecule has 3 aromatic rings. The molecule has 23 heavy (non-hydrogen) atoms. The Morgan fingerprint density at radius 1 is 1.30 bits per heavy atom. The van der Waals surface area contributed by atoms with Crippen LogP contribution in [0.25, 0.3) is 16.7 Å². The molecule has 0 saturated carbocycles. The molecule has 0 atom stereocenters. The molecule has 0 radical (unpaired) electrons. The number of hydrogen-bond acceptors (Lipinski definition) is 4. The number of nitrogens with one attached hydrogen (secondary N) is 1. The molecule has 0 spiro atoms. The van der Waals surface area contributed by atoms with E-state index < -0.39 is 0 Å². The molecule has 0 fully saturated rings. The molecule has 6 nitrogen and oxygen atoms in total. The predicted octanol–water partition coefficient (Wildman–Crippen LogP) is 2.89. The third kappa shape index (κ3) is 2.90. The number of aromatic nitrogens is 3. The Morgan fingerprint density at radius 3 is 2.87 bits per heavy atom. The molecule has 0 aliphatic carbocycles. The summed E-state index contributed by atoms with van der Waals surface area (Å²) in [6.45, 7) is 3.85. The SMILES string of the molecule is Cc1cc(NC(=O)CC#N)n(-c2cc(C)c3ccccc3n2)n1. The Labute approximate surface area is 133 Å². The van der Waals surface area contributed by atoms with E-state index in [1.165, 1.54) is 0 Å². The van der Waals surface area contributed by atoms with Crippen molar-refractivity contribution in [3.8, 4) is 11.9 Å². The molecule has 0 bridgehead atoms. The second-order valence-electron chi connectivity index (χ2n) is 5.28. The summed E-state index contributed by atoms with van der Waals surface area (Å²) in [6.07, 6.45) is -0.200. The van der Waals surface area contributed by atoms with Gasteiger partial charge in [-0.2, -0.15) is 15.0 Å². The normalized spacial score (nSPS) is 10.5. The molecular weight excluding hydrogens is 290 g/mol. The molecule has 1 amide bonds. The number of rotatable bonds is 3. The van der Waals surface area contributed by atoms with Gasteiger partial charge in [-0.3, -0.25) is 4.79 Å². The van der Waals surface area contributed by atoms with Crippen molar-refractivity contribution < 1.29 is 4.79 Å². The van der Waals surface area contributed by atoms with Gasteiger partial charge in [0, 0.05) is 11.5 Å². The zero-order valence-corrected chi connectivity index (χ0v) is 12.9. The molecule has 2 aromatic heterocycles. The van der Waals surface area contributed by atoms with Gasteiger partial charge in [-0.05, 0) is 31.5 Å². The number of nitriles is 1. The Kier molecular flexibility index (Phi) is 3.77. The van der Waals surface area contributed by atoms with Gasteiger partial charge in [0.1, 0.15) is 12.2 Å². The fourth-order valence-corrected chi connectivity index (χ4v) is 2.46. The van der Waals surface area contributed by atoms with Crippen LogP contribution >= 0.6 is 0 Å². The van der Waals surface area contributed by atoms with E-state index in [0.717, 1.165) is 22.2 Å². The van der Waals surface area contributed by atoms with Crippen molar-refractivity contribution in [1.29, 1.82) is 5.26 Å². The smallest absolute Gasteiger partial charge is 0.239 e. The number of pyridine rings is 1. The Bertz CT molecular complexity index is 936. The molecule has 1 N–H and O–H groups in total. The second kappa shape index (κ2) is 5.89. The van der Waals surface area contributed by atoms with E-state index in [4.69, 9.17) is 5.26 Å². The summed E-state index contributed by atoms with van der Waals surface area (Å²) < 4.78 is 1.59. The Hall–Kier alpha value is -3.20. The average Bonchev–Trinajstić information content (AvgIpc) is 2.88. The van der Waals surface area contributed by atoms with Crippen molar-refractivity contribution in [2.24, 2.45) is 0 Å². The summed E-state index contributed by atoms with van der Waals surface area (Å²) in [6, 6.07) is 13.4. The lowest BCUT2D eigenvalue weighted by Crippen LogP contribution is -2.14. The van der Waals surface area contributed by atoms with Crippen LogP contribution in [0.2, 0.25) is 0 Å². The fraction of sp³-hybridized carbons (Fsp3) is 0.176. The number of carbonyl (C=O) groups excluding carboxylic acids is 1. The Morgan fingerprint density at radius 2 is 2.09 bits per heavy atom. The number of anilines is 1.